The van der Waals surface area contributed by atoms with Crippen LogP contribution in [-0.4, -0.2) is 42.0 Å². The molecule has 1 fully saturated rings. The Morgan fingerprint density at radius 1 is 1.50 bits per heavy atom. The molecular formula is C15H22Cl2N2O2S. The SMILES string of the molecule is COc1cc(N)c(Cl)cc1C(=O)N1CCSC(C(C)C)C1.Cl. The first kappa shape index (κ1) is 19.3. The zero-order valence-corrected chi connectivity index (χ0v) is 15.4. The molecule has 22 heavy (non-hydrogen) atoms. The lowest BCUT2D eigenvalue weighted by atomic mass is 10.1. The molecule has 1 atom stereocenters. The van der Waals surface area contributed by atoms with E-state index < -0.39 is 0 Å². The Morgan fingerprint density at radius 3 is 2.77 bits per heavy atom. The zero-order valence-electron chi connectivity index (χ0n) is 13.0. The highest BCUT2D eigenvalue weighted by Gasteiger charge is 2.28. The van der Waals surface area contributed by atoms with Gasteiger partial charge in [-0.25, -0.2) is 0 Å². The second-order valence-electron chi connectivity index (χ2n) is 5.48. The molecule has 1 amide bonds. The van der Waals surface area contributed by atoms with Gasteiger partial charge in [0.1, 0.15) is 5.75 Å². The molecule has 0 spiro atoms. The highest BCUT2D eigenvalue weighted by atomic mass is 35.5. The van der Waals surface area contributed by atoms with E-state index in [0.717, 1.165) is 18.8 Å². The number of rotatable bonds is 3. The standard InChI is InChI=1S/C15H21ClN2O2S.ClH/c1-9(2)14-8-18(4-5-21-14)15(19)10-6-11(16)12(17)7-13(10)20-3;/h6-7,9,14H,4-5,8,17H2,1-3H3;1H. The van der Waals surface area contributed by atoms with E-state index in [4.69, 9.17) is 22.1 Å². The second-order valence-corrected chi connectivity index (χ2v) is 7.23. The van der Waals surface area contributed by atoms with E-state index in [-0.39, 0.29) is 18.3 Å². The number of hydrogen-bond donors (Lipinski definition) is 1. The first-order chi connectivity index (χ1) is 9.93. The third-order valence-electron chi connectivity index (χ3n) is 3.67. The van der Waals surface area contributed by atoms with Crippen LogP contribution in [-0.2, 0) is 0 Å². The average molecular weight is 365 g/mol. The van der Waals surface area contributed by atoms with Gasteiger partial charge in [0.25, 0.3) is 5.91 Å². The van der Waals surface area contributed by atoms with Gasteiger partial charge in [0.05, 0.1) is 23.4 Å². The van der Waals surface area contributed by atoms with Gasteiger partial charge < -0.3 is 15.4 Å². The summed E-state index contributed by atoms with van der Waals surface area (Å²) < 4.78 is 5.28. The number of nitrogens with zero attached hydrogens (tertiary/aromatic N) is 1. The average Bonchev–Trinajstić information content (AvgIpc) is 2.48. The lowest BCUT2D eigenvalue weighted by molar-refractivity contribution is 0.0752. The summed E-state index contributed by atoms with van der Waals surface area (Å²) in [6.45, 7) is 5.88. The Hall–Kier alpha value is -0.780. The summed E-state index contributed by atoms with van der Waals surface area (Å²) in [5.74, 6) is 1.93. The number of nitrogens with two attached hydrogens (primary N) is 1. The predicted octanol–water partition coefficient (Wildman–Crippen LogP) is 3.57. The lowest BCUT2D eigenvalue weighted by Crippen LogP contribution is -2.43. The molecular weight excluding hydrogens is 343 g/mol. The van der Waals surface area contributed by atoms with Crippen LogP contribution in [0, 0.1) is 5.92 Å². The van der Waals surface area contributed by atoms with Crippen LogP contribution in [0.5, 0.6) is 5.75 Å². The molecule has 1 aromatic rings. The maximum absolute atomic E-state index is 12.7. The Kier molecular flexibility index (Phi) is 7.16. The molecule has 0 aromatic heterocycles. The fourth-order valence-corrected chi connectivity index (χ4v) is 3.80. The van der Waals surface area contributed by atoms with Crippen molar-refractivity contribution in [1.29, 1.82) is 0 Å². The maximum atomic E-state index is 12.7. The third kappa shape index (κ3) is 4.15. The van der Waals surface area contributed by atoms with Crippen molar-refractivity contribution in [3.63, 3.8) is 0 Å². The van der Waals surface area contributed by atoms with Crippen molar-refractivity contribution in [3.05, 3.63) is 22.7 Å². The van der Waals surface area contributed by atoms with Crippen molar-refractivity contribution in [2.24, 2.45) is 5.92 Å². The van der Waals surface area contributed by atoms with Gasteiger partial charge in [-0.2, -0.15) is 11.8 Å². The minimum Gasteiger partial charge on any atom is -0.496 e. The molecule has 0 radical (unpaired) electrons. The summed E-state index contributed by atoms with van der Waals surface area (Å²) >= 11 is 7.98. The molecule has 1 heterocycles. The largest absolute Gasteiger partial charge is 0.496 e. The van der Waals surface area contributed by atoms with Gasteiger partial charge in [0, 0.05) is 30.2 Å². The van der Waals surface area contributed by atoms with Crippen molar-refractivity contribution in [2.45, 2.75) is 19.1 Å². The normalized spacial score (nSPS) is 18.0. The summed E-state index contributed by atoms with van der Waals surface area (Å²) in [5, 5.41) is 0.851. The van der Waals surface area contributed by atoms with Gasteiger partial charge >= 0.3 is 0 Å². The molecule has 1 aliphatic rings. The van der Waals surface area contributed by atoms with Gasteiger partial charge in [-0.1, -0.05) is 25.4 Å². The lowest BCUT2D eigenvalue weighted by Gasteiger charge is -2.34. The third-order valence-corrected chi connectivity index (χ3v) is 5.54. The Balaban J connectivity index is 0.00000242. The molecule has 4 nitrogen and oxygen atoms in total. The molecule has 2 N–H and O–H groups in total. The summed E-state index contributed by atoms with van der Waals surface area (Å²) in [6.07, 6.45) is 0. The minimum absolute atomic E-state index is 0. The molecule has 1 aliphatic heterocycles. The Morgan fingerprint density at radius 2 is 2.18 bits per heavy atom. The molecule has 0 bridgehead atoms. The van der Waals surface area contributed by atoms with Crippen LogP contribution in [0.4, 0.5) is 5.69 Å². The predicted molar refractivity (Wildman–Crippen MR) is 96.7 cm³/mol. The van der Waals surface area contributed by atoms with Crippen LogP contribution in [0.25, 0.3) is 0 Å². The first-order valence-corrected chi connectivity index (χ1v) is 8.40. The van der Waals surface area contributed by atoms with Crippen LogP contribution in [0.1, 0.15) is 24.2 Å². The molecule has 0 aliphatic carbocycles. The number of carbonyl (C=O) groups excluding carboxylic acids is 1. The maximum Gasteiger partial charge on any atom is 0.257 e. The Bertz CT molecular complexity index is 541. The molecule has 1 aromatic carbocycles. The van der Waals surface area contributed by atoms with Crippen LogP contribution in [0.2, 0.25) is 5.02 Å². The van der Waals surface area contributed by atoms with Gasteiger partial charge in [0.15, 0.2) is 0 Å². The number of hydrogen-bond acceptors (Lipinski definition) is 4. The quantitative estimate of drug-likeness (QED) is 0.832. The summed E-state index contributed by atoms with van der Waals surface area (Å²) in [6, 6.07) is 3.21. The number of amides is 1. The molecule has 1 unspecified atom stereocenters. The van der Waals surface area contributed by atoms with Crippen molar-refractivity contribution >= 4 is 47.4 Å². The monoisotopic (exact) mass is 364 g/mol. The van der Waals surface area contributed by atoms with Crippen LogP contribution in [0.3, 0.4) is 0 Å². The number of thioether (sulfide) groups is 1. The number of methoxy groups -OCH3 is 1. The summed E-state index contributed by atoms with van der Waals surface area (Å²) in [5.41, 5.74) is 6.66. The van der Waals surface area contributed by atoms with E-state index in [9.17, 15) is 4.79 Å². The van der Waals surface area contributed by atoms with Gasteiger partial charge in [-0.15, -0.1) is 12.4 Å². The van der Waals surface area contributed by atoms with Crippen molar-refractivity contribution in [1.82, 2.24) is 4.90 Å². The number of anilines is 1. The number of halogens is 2. The molecule has 7 heteroatoms. The number of ether oxygens (including phenoxy) is 1. The zero-order chi connectivity index (χ0) is 15.6. The molecule has 1 saturated heterocycles. The topological polar surface area (TPSA) is 55.6 Å². The Labute approximate surface area is 147 Å². The first-order valence-electron chi connectivity index (χ1n) is 6.98. The van der Waals surface area contributed by atoms with E-state index in [1.165, 1.54) is 7.11 Å². The van der Waals surface area contributed by atoms with Crippen molar-refractivity contribution in [3.8, 4) is 5.75 Å². The number of nitrogen functional groups attached to an aromatic ring is 1. The van der Waals surface area contributed by atoms with E-state index in [1.54, 1.807) is 12.1 Å². The van der Waals surface area contributed by atoms with Gasteiger partial charge in [0.2, 0.25) is 0 Å². The number of benzene rings is 1. The molecule has 124 valence electrons. The van der Waals surface area contributed by atoms with Crippen molar-refractivity contribution in [2.75, 3.05) is 31.7 Å². The second kappa shape index (κ2) is 8.18. The van der Waals surface area contributed by atoms with E-state index in [1.807, 2.05) is 16.7 Å². The summed E-state index contributed by atoms with van der Waals surface area (Å²) in [4.78, 5) is 14.6. The van der Waals surface area contributed by atoms with Crippen molar-refractivity contribution < 1.29 is 9.53 Å². The fraction of sp³-hybridized carbons (Fsp3) is 0.533. The van der Waals surface area contributed by atoms with E-state index in [2.05, 4.69) is 13.8 Å². The fourth-order valence-electron chi connectivity index (χ4n) is 2.34. The van der Waals surface area contributed by atoms with Crippen LogP contribution >= 0.6 is 35.8 Å². The molecule has 2 rings (SSSR count). The summed E-state index contributed by atoms with van der Waals surface area (Å²) in [7, 11) is 1.53. The smallest absolute Gasteiger partial charge is 0.257 e. The van der Waals surface area contributed by atoms with Crippen LogP contribution in [0.15, 0.2) is 12.1 Å². The van der Waals surface area contributed by atoms with Gasteiger partial charge in [-0.05, 0) is 12.0 Å². The van der Waals surface area contributed by atoms with E-state index >= 15 is 0 Å². The minimum atomic E-state index is -0.0419. The number of carbonyl (C=O) groups is 1. The highest BCUT2D eigenvalue weighted by Crippen LogP contribution is 2.31. The van der Waals surface area contributed by atoms with Crippen LogP contribution < -0.4 is 10.5 Å². The molecule has 0 saturated carbocycles. The highest BCUT2D eigenvalue weighted by molar-refractivity contribution is 8.00. The van der Waals surface area contributed by atoms with Gasteiger partial charge in [-0.3, -0.25) is 4.79 Å². The van der Waals surface area contributed by atoms with E-state index in [0.29, 0.717) is 33.2 Å².